The summed E-state index contributed by atoms with van der Waals surface area (Å²) in [6, 6.07) is 15.2. The van der Waals surface area contributed by atoms with Crippen LogP contribution in [0.1, 0.15) is 53.1 Å². The lowest BCUT2D eigenvalue weighted by Gasteiger charge is -2.11. The summed E-state index contributed by atoms with van der Waals surface area (Å²) in [6.45, 7) is 5.99. The first kappa shape index (κ1) is 22.3. The number of anilines is 1. The lowest BCUT2D eigenvalue weighted by atomic mass is 9.95. The summed E-state index contributed by atoms with van der Waals surface area (Å²) in [5.74, 6) is 1.57. The minimum Gasteiger partial charge on any atom is -0.491 e. The van der Waals surface area contributed by atoms with Crippen molar-refractivity contribution in [1.82, 2.24) is 10.1 Å². The largest absolute Gasteiger partial charge is 0.491 e. The predicted molar refractivity (Wildman–Crippen MR) is 135 cm³/mol. The van der Waals surface area contributed by atoms with Gasteiger partial charge in [-0.1, -0.05) is 35.0 Å². The van der Waals surface area contributed by atoms with E-state index in [0.717, 1.165) is 47.6 Å². The Kier molecular flexibility index (Phi) is 6.20. The molecule has 1 N–H and O–H groups in total. The van der Waals surface area contributed by atoms with Gasteiger partial charge in [0.1, 0.15) is 10.8 Å². The Labute approximate surface area is 203 Å². The number of carbonyl (C=O) groups excluding carboxylic acids is 1. The van der Waals surface area contributed by atoms with E-state index >= 15 is 0 Å². The molecule has 7 heteroatoms. The average Bonchev–Trinajstić information content (AvgIpc) is 3.44. The average molecular weight is 474 g/mol. The minimum atomic E-state index is -0.172. The first-order chi connectivity index (χ1) is 16.5. The van der Waals surface area contributed by atoms with Crippen LogP contribution >= 0.6 is 11.3 Å². The second-order valence-electron chi connectivity index (χ2n) is 8.85. The van der Waals surface area contributed by atoms with E-state index in [-0.39, 0.29) is 12.0 Å². The predicted octanol–water partition coefficient (Wildman–Crippen LogP) is 6.69. The molecule has 34 heavy (non-hydrogen) atoms. The Balaban J connectivity index is 1.45. The van der Waals surface area contributed by atoms with Crippen molar-refractivity contribution < 1.29 is 14.1 Å². The fourth-order valence-electron chi connectivity index (χ4n) is 4.16. The monoisotopic (exact) mass is 473 g/mol. The highest BCUT2D eigenvalue weighted by Crippen LogP contribution is 2.44. The van der Waals surface area contributed by atoms with Crippen LogP contribution < -0.4 is 10.1 Å². The number of benzene rings is 2. The van der Waals surface area contributed by atoms with Gasteiger partial charge in [0.2, 0.25) is 5.82 Å². The number of ether oxygens (including phenoxy) is 1. The number of aryl methyl sites for hydroxylation is 2. The number of aromatic nitrogens is 2. The molecule has 2 aromatic heterocycles. The molecule has 2 aromatic carbocycles. The van der Waals surface area contributed by atoms with E-state index in [1.807, 2.05) is 57.2 Å². The van der Waals surface area contributed by atoms with Gasteiger partial charge in [-0.25, -0.2) is 0 Å². The summed E-state index contributed by atoms with van der Waals surface area (Å²) in [5, 5.41) is 8.10. The quantitative estimate of drug-likeness (QED) is 0.337. The van der Waals surface area contributed by atoms with E-state index in [2.05, 4.69) is 10.5 Å². The van der Waals surface area contributed by atoms with Gasteiger partial charge in [0.25, 0.3) is 11.8 Å². The van der Waals surface area contributed by atoms with Gasteiger partial charge in [-0.15, -0.1) is 11.3 Å². The number of hydrogen-bond donors (Lipinski definition) is 1. The topological polar surface area (TPSA) is 77.2 Å². The van der Waals surface area contributed by atoms with Gasteiger partial charge in [0, 0.05) is 16.0 Å². The molecular formula is C27H27N3O3S. The third kappa shape index (κ3) is 4.61. The summed E-state index contributed by atoms with van der Waals surface area (Å²) >= 11 is 1.61. The molecule has 0 bridgehead atoms. The highest BCUT2D eigenvalue weighted by molar-refractivity contribution is 7.17. The van der Waals surface area contributed by atoms with Gasteiger partial charge in [-0.3, -0.25) is 4.79 Å². The SMILES string of the molecule is Cc1ccc(-c2noc(-c3c(NC(=O)c4ccc(OC(C)C)cc4)sc4c3CCCC4)n2)cc1. The maximum absolute atomic E-state index is 13.1. The third-order valence-corrected chi connectivity index (χ3v) is 7.04. The Hall–Kier alpha value is -3.45. The number of amides is 1. The van der Waals surface area contributed by atoms with Crippen molar-refractivity contribution in [3.8, 4) is 28.6 Å². The lowest BCUT2D eigenvalue weighted by molar-refractivity contribution is 0.102. The molecule has 0 atom stereocenters. The first-order valence-electron chi connectivity index (χ1n) is 11.6. The van der Waals surface area contributed by atoms with E-state index in [1.54, 1.807) is 23.5 Å². The van der Waals surface area contributed by atoms with Gasteiger partial charge in [-0.2, -0.15) is 4.98 Å². The number of nitrogens with one attached hydrogen (secondary N) is 1. The van der Waals surface area contributed by atoms with Crippen molar-refractivity contribution >= 4 is 22.2 Å². The van der Waals surface area contributed by atoms with E-state index in [9.17, 15) is 4.79 Å². The molecule has 174 valence electrons. The third-order valence-electron chi connectivity index (χ3n) is 5.84. The van der Waals surface area contributed by atoms with Crippen LogP contribution in [0.4, 0.5) is 5.00 Å². The van der Waals surface area contributed by atoms with Gasteiger partial charge in [0.05, 0.1) is 11.7 Å². The van der Waals surface area contributed by atoms with Crippen LogP contribution in [-0.4, -0.2) is 22.2 Å². The summed E-state index contributed by atoms with van der Waals surface area (Å²) in [6.07, 6.45) is 4.29. The standard InChI is InChI=1S/C27H27N3O3S/c1-16(2)32-20-14-12-19(13-15-20)25(31)29-27-23(21-6-4-5-7-22(21)34-27)26-28-24(30-33-26)18-10-8-17(3)9-11-18/h8-16H,4-7H2,1-3H3,(H,29,31). The van der Waals surface area contributed by atoms with E-state index in [1.165, 1.54) is 16.0 Å². The molecule has 2 heterocycles. The second kappa shape index (κ2) is 9.43. The van der Waals surface area contributed by atoms with Crippen molar-refractivity contribution in [3.05, 3.63) is 70.1 Å². The highest BCUT2D eigenvalue weighted by atomic mass is 32.1. The first-order valence-corrected chi connectivity index (χ1v) is 12.4. The summed E-state index contributed by atoms with van der Waals surface area (Å²) in [5.41, 5.74) is 4.72. The molecule has 5 rings (SSSR count). The molecule has 1 amide bonds. The van der Waals surface area contributed by atoms with Crippen LogP contribution in [0, 0.1) is 6.92 Å². The van der Waals surface area contributed by atoms with Crippen LogP contribution in [0.5, 0.6) is 5.75 Å². The molecule has 0 aliphatic heterocycles. The van der Waals surface area contributed by atoms with Crippen LogP contribution in [0.3, 0.4) is 0 Å². The van der Waals surface area contributed by atoms with Gasteiger partial charge < -0.3 is 14.6 Å². The Morgan fingerprint density at radius 2 is 1.79 bits per heavy atom. The van der Waals surface area contributed by atoms with Crippen LogP contribution in [-0.2, 0) is 12.8 Å². The maximum Gasteiger partial charge on any atom is 0.261 e. The second-order valence-corrected chi connectivity index (χ2v) is 9.95. The van der Waals surface area contributed by atoms with Crippen LogP contribution in [0.2, 0.25) is 0 Å². The van der Waals surface area contributed by atoms with E-state index < -0.39 is 0 Å². The number of rotatable bonds is 6. The summed E-state index contributed by atoms with van der Waals surface area (Å²) in [4.78, 5) is 19.1. The van der Waals surface area contributed by atoms with E-state index in [4.69, 9.17) is 14.2 Å². The van der Waals surface area contributed by atoms with Gasteiger partial charge >= 0.3 is 0 Å². The molecule has 6 nitrogen and oxygen atoms in total. The number of fused-ring (bicyclic) bond motifs is 1. The Morgan fingerprint density at radius 1 is 1.06 bits per heavy atom. The molecular weight excluding hydrogens is 446 g/mol. The fraction of sp³-hybridized carbons (Fsp3) is 0.296. The summed E-state index contributed by atoms with van der Waals surface area (Å²) in [7, 11) is 0. The molecule has 0 radical (unpaired) electrons. The Morgan fingerprint density at radius 3 is 2.53 bits per heavy atom. The molecule has 0 fully saturated rings. The number of nitrogens with zero attached hydrogens (tertiary/aromatic N) is 2. The molecule has 0 saturated carbocycles. The van der Waals surface area contributed by atoms with Gasteiger partial charge in [0.15, 0.2) is 0 Å². The van der Waals surface area contributed by atoms with Gasteiger partial charge in [-0.05, 0) is 76.3 Å². The lowest BCUT2D eigenvalue weighted by Crippen LogP contribution is -2.12. The molecule has 1 aliphatic carbocycles. The van der Waals surface area contributed by atoms with Crippen LogP contribution in [0.15, 0.2) is 53.1 Å². The molecule has 1 aliphatic rings. The molecule has 0 saturated heterocycles. The zero-order chi connectivity index (χ0) is 23.7. The van der Waals surface area contributed by atoms with Crippen molar-refractivity contribution in [3.63, 3.8) is 0 Å². The van der Waals surface area contributed by atoms with Crippen molar-refractivity contribution in [2.45, 2.75) is 52.6 Å². The molecule has 0 unspecified atom stereocenters. The van der Waals surface area contributed by atoms with Crippen LogP contribution in [0.25, 0.3) is 22.8 Å². The number of carbonyl (C=O) groups is 1. The van der Waals surface area contributed by atoms with Crippen molar-refractivity contribution in [2.75, 3.05) is 5.32 Å². The molecule has 4 aromatic rings. The van der Waals surface area contributed by atoms with Crippen molar-refractivity contribution in [2.24, 2.45) is 0 Å². The number of thiophene rings is 1. The Bertz CT molecular complexity index is 1300. The summed E-state index contributed by atoms with van der Waals surface area (Å²) < 4.78 is 11.4. The van der Waals surface area contributed by atoms with E-state index in [0.29, 0.717) is 17.3 Å². The fourth-order valence-corrected chi connectivity index (χ4v) is 5.43. The zero-order valence-corrected chi connectivity index (χ0v) is 20.4. The van der Waals surface area contributed by atoms with Crippen molar-refractivity contribution in [1.29, 1.82) is 0 Å². The zero-order valence-electron chi connectivity index (χ0n) is 19.6. The smallest absolute Gasteiger partial charge is 0.261 e. The number of hydrogen-bond acceptors (Lipinski definition) is 6. The minimum absolute atomic E-state index is 0.0823. The normalized spacial score (nSPS) is 13.1. The molecule has 0 spiro atoms. The highest BCUT2D eigenvalue weighted by Gasteiger charge is 2.27. The maximum atomic E-state index is 13.1.